The van der Waals surface area contributed by atoms with Crippen molar-refractivity contribution in [2.24, 2.45) is 5.92 Å². The highest BCUT2D eigenvalue weighted by Crippen LogP contribution is 2.29. The van der Waals surface area contributed by atoms with Crippen LogP contribution >= 0.6 is 11.3 Å². The third-order valence-corrected chi connectivity index (χ3v) is 4.29. The van der Waals surface area contributed by atoms with Crippen molar-refractivity contribution in [2.45, 2.75) is 26.2 Å². The minimum atomic E-state index is 0.151. The molecule has 3 nitrogen and oxygen atoms in total. The van der Waals surface area contributed by atoms with Gasteiger partial charge in [0.05, 0.1) is 10.7 Å². The summed E-state index contributed by atoms with van der Waals surface area (Å²) in [6, 6.07) is 7.90. The second-order valence-electron chi connectivity index (χ2n) is 4.95. The van der Waals surface area contributed by atoms with Crippen molar-refractivity contribution in [3.8, 4) is 11.3 Å². The van der Waals surface area contributed by atoms with Crippen molar-refractivity contribution < 1.29 is 4.79 Å². The van der Waals surface area contributed by atoms with Crippen LogP contribution in [-0.2, 0) is 4.79 Å². The zero-order chi connectivity index (χ0) is 13.2. The molecule has 1 aromatic heterocycles. The van der Waals surface area contributed by atoms with Gasteiger partial charge in [-0.2, -0.15) is 0 Å². The molecule has 0 saturated heterocycles. The lowest BCUT2D eigenvalue weighted by Gasteiger charge is -2.24. The van der Waals surface area contributed by atoms with Crippen LogP contribution in [0.4, 0.5) is 5.69 Å². The zero-order valence-electron chi connectivity index (χ0n) is 10.8. The highest BCUT2D eigenvalue weighted by atomic mass is 32.1. The van der Waals surface area contributed by atoms with Crippen LogP contribution in [0.1, 0.15) is 24.3 Å². The number of amides is 1. The third kappa shape index (κ3) is 2.68. The van der Waals surface area contributed by atoms with E-state index in [1.165, 1.54) is 6.42 Å². The first-order valence-electron chi connectivity index (χ1n) is 6.56. The van der Waals surface area contributed by atoms with E-state index in [4.69, 9.17) is 0 Å². The van der Waals surface area contributed by atoms with Crippen molar-refractivity contribution in [3.63, 3.8) is 0 Å². The maximum Gasteiger partial charge on any atom is 0.227 e. The average Bonchev–Trinajstić information content (AvgIpc) is 2.74. The van der Waals surface area contributed by atoms with Crippen LogP contribution in [0.25, 0.3) is 11.3 Å². The number of carbonyl (C=O) groups excluding carboxylic acids is 1. The molecule has 1 aromatic carbocycles. The van der Waals surface area contributed by atoms with Crippen LogP contribution in [0.15, 0.2) is 29.6 Å². The summed E-state index contributed by atoms with van der Waals surface area (Å²) in [6.07, 6.45) is 3.23. The molecule has 0 unspecified atom stereocenters. The first kappa shape index (κ1) is 12.4. The van der Waals surface area contributed by atoms with Crippen LogP contribution < -0.4 is 5.32 Å². The third-order valence-electron chi connectivity index (χ3n) is 3.52. The molecule has 2 aromatic rings. The molecule has 1 N–H and O–H groups in total. The van der Waals surface area contributed by atoms with Gasteiger partial charge in [0, 0.05) is 22.5 Å². The molecule has 4 heteroatoms. The molecule has 98 valence electrons. The van der Waals surface area contributed by atoms with E-state index in [1.807, 2.05) is 36.6 Å². The van der Waals surface area contributed by atoms with Gasteiger partial charge in [-0.15, -0.1) is 11.3 Å². The number of rotatable bonds is 3. The molecule has 0 spiro atoms. The van der Waals surface area contributed by atoms with Gasteiger partial charge in [0.15, 0.2) is 0 Å². The Labute approximate surface area is 116 Å². The van der Waals surface area contributed by atoms with E-state index in [1.54, 1.807) is 11.3 Å². The maximum absolute atomic E-state index is 11.9. The summed E-state index contributed by atoms with van der Waals surface area (Å²) in [5.74, 6) is 0.364. The highest BCUT2D eigenvalue weighted by molar-refractivity contribution is 7.09. The summed E-state index contributed by atoms with van der Waals surface area (Å²) in [6.45, 7) is 2.00. The number of nitrogens with zero attached hydrogens (tertiary/aromatic N) is 1. The average molecular weight is 272 g/mol. The predicted octanol–water partition coefficient (Wildman–Crippen LogP) is 3.86. The molecule has 19 heavy (non-hydrogen) atoms. The van der Waals surface area contributed by atoms with Gasteiger partial charge in [-0.3, -0.25) is 4.79 Å². The van der Waals surface area contributed by atoms with Gasteiger partial charge in [-0.05, 0) is 31.9 Å². The van der Waals surface area contributed by atoms with Gasteiger partial charge in [-0.25, -0.2) is 4.98 Å². The number of hydrogen-bond donors (Lipinski definition) is 1. The van der Waals surface area contributed by atoms with Crippen LogP contribution in [0.2, 0.25) is 0 Å². The highest BCUT2D eigenvalue weighted by Gasteiger charge is 2.25. The molecule has 1 aliphatic rings. The summed E-state index contributed by atoms with van der Waals surface area (Å²) in [7, 11) is 0. The largest absolute Gasteiger partial charge is 0.326 e. The summed E-state index contributed by atoms with van der Waals surface area (Å²) >= 11 is 1.64. The SMILES string of the molecule is Cc1nc(-c2cccc(NC(=O)C3CCC3)c2)cs1. The molecule has 3 rings (SSSR count). The Bertz CT molecular complexity index is 602. The number of aromatic nitrogens is 1. The number of aryl methyl sites for hydroxylation is 1. The van der Waals surface area contributed by atoms with Crippen LogP contribution in [0.5, 0.6) is 0 Å². The molecule has 0 aliphatic heterocycles. The first-order valence-corrected chi connectivity index (χ1v) is 7.44. The van der Waals surface area contributed by atoms with Gasteiger partial charge < -0.3 is 5.32 Å². The van der Waals surface area contributed by atoms with Gasteiger partial charge in [-0.1, -0.05) is 18.6 Å². The number of anilines is 1. The summed E-state index contributed by atoms with van der Waals surface area (Å²) in [5, 5.41) is 6.10. The Morgan fingerprint density at radius 1 is 1.42 bits per heavy atom. The minimum Gasteiger partial charge on any atom is -0.326 e. The van der Waals surface area contributed by atoms with Gasteiger partial charge in [0.25, 0.3) is 0 Å². The number of hydrogen-bond acceptors (Lipinski definition) is 3. The number of carbonyl (C=O) groups is 1. The maximum atomic E-state index is 11.9. The van der Waals surface area contributed by atoms with Crippen molar-refractivity contribution in [1.82, 2.24) is 4.98 Å². The Morgan fingerprint density at radius 3 is 2.89 bits per heavy atom. The lowest BCUT2D eigenvalue weighted by Crippen LogP contribution is -2.27. The molecule has 1 saturated carbocycles. The van der Waals surface area contributed by atoms with E-state index in [2.05, 4.69) is 10.3 Å². The molecule has 1 heterocycles. The van der Waals surface area contributed by atoms with Gasteiger partial charge in [0.1, 0.15) is 0 Å². The second kappa shape index (κ2) is 5.13. The predicted molar refractivity (Wildman–Crippen MR) is 78.3 cm³/mol. The van der Waals surface area contributed by atoms with E-state index in [0.29, 0.717) is 0 Å². The summed E-state index contributed by atoms with van der Waals surface area (Å²) < 4.78 is 0. The van der Waals surface area contributed by atoms with E-state index in [0.717, 1.165) is 34.8 Å². The van der Waals surface area contributed by atoms with E-state index in [9.17, 15) is 4.79 Å². The monoisotopic (exact) mass is 272 g/mol. The molecule has 0 bridgehead atoms. The minimum absolute atomic E-state index is 0.151. The van der Waals surface area contributed by atoms with Crippen molar-refractivity contribution >= 4 is 22.9 Å². The van der Waals surface area contributed by atoms with Crippen LogP contribution in [-0.4, -0.2) is 10.9 Å². The van der Waals surface area contributed by atoms with E-state index < -0.39 is 0 Å². The quantitative estimate of drug-likeness (QED) is 0.922. The number of thiazole rings is 1. The second-order valence-corrected chi connectivity index (χ2v) is 6.01. The van der Waals surface area contributed by atoms with Crippen LogP contribution in [0.3, 0.4) is 0 Å². The molecule has 1 amide bonds. The fraction of sp³-hybridized carbons (Fsp3) is 0.333. The topological polar surface area (TPSA) is 42.0 Å². The number of nitrogens with one attached hydrogen (secondary N) is 1. The summed E-state index contributed by atoms with van der Waals surface area (Å²) in [5.41, 5.74) is 2.89. The van der Waals surface area contributed by atoms with Crippen molar-refractivity contribution in [3.05, 3.63) is 34.7 Å². The molecule has 1 fully saturated rings. The van der Waals surface area contributed by atoms with Crippen molar-refractivity contribution in [1.29, 1.82) is 0 Å². The Kier molecular flexibility index (Phi) is 3.34. The molecular weight excluding hydrogens is 256 g/mol. The Morgan fingerprint density at radius 2 is 2.26 bits per heavy atom. The fourth-order valence-corrected chi connectivity index (χ4v) is 2.79. The van der Waals surface area contributed by atoms with Gasteiger partial charge >= 0.3 is 0 Å². The lowest BCUT2D eigenvalue weighted by atomic mass is 9.85. The fourth-order valence-electron chi connectivity index (χ4n) is 2.17. The van der Waals surface area contributed by atoms with E-state index >= 15 is 0 Å². The van der Waals surface area contributed by atoms with E-state index in [-0.39, 0.29) is 11.8 Å². The Balaban J connectivity index is 1.77. The van der Waals surface area contributed by atoms with Crippen LogP contribution in [0, 0.1) is 12.8 Å². The number of benzene rings is 1. The standard InChI is InChI=1S/C15H16N2OS/c1-10-16-14(9-19-10)12-6-3-7-13(8-12)17-15(18)11-4-2-5-11/h3,6-9,11H,2,4-5H2,1H3,(H,17,18). The zero-order valence-corrected chi connectivity index (χ0v) is 11.7. The first-order chi connectivity index (χ1) is 9.22. The molecular formula is C15H16N2OS. The molecule has 0 atom stereocenters. The summed E-state index contributed by atoms with van der Waals surface area (Å²) in [4.78, 5) is 16.4. The normalized spacial score (nSPS) is 15.0. The van der Waals surface area contributed by atoms with Gasteiger partial charge in [0.2, 0.25) is 5.91 Å². The smallest absolute Gasteiger partial charge is 0.227 e. The Hall–Kier alpha value is -1.68. The lowest BCUT2D eigenvalue weighted by molar-refractivity contribution is -0.122. The molecule has 1 aliphatic carbocycles. The molecule has 0 radical (unpaired) electrons. The van der Waals surface area contributed by atoms with Crippen molar-refractivity contribution in [2.75, 3.05) is 5.32 Å².